The van der Waals surface area contributed by atoms with E-state index in [9.17, 15) is 14.7 Å². The Morgan fingerprint density at radius 3 is 2.24 bits per heavy atom. The highest BCUT2D eigenvalue weighted by Gasteiger charge is 2.28. The maximum atomic E-state index is 14.1. The van der Waals surface area contributed by atoms with Crippen LogP contribution in [-0.4, -0.2) is 53.0 Å². The molecule has 0 spiro atoms. The number of hydrogen-bond donors (Lipinski definition) is 1. The van der Waals surface area contributed by atoms with Crippen LogP contribution in [0.4, 0.5) is 0 Å². The number of ether oxygens (including phenoxy) is 4. The fraction of sp³-hybridized carbons (Fsp3) is 0.355. The van der Waals surface area contributed by atoms with Crippen molar-refractivity contribution >= 4 is 40.1 Å². The van der Waals surface area contributed by atoms with Gasteiger partial charge in [0.25, 0.3) is 0 Å². The molecule has 0 bridgehead atoms. The minimum absolute atomic E-state index is 0.0302. The van der Waals surface area contributed by atoms with Crippen molar-refractivity contribution in [1.29, 1.82) is 0 Å². The Balaban J connectivity index is 1.62. The largest absolute Gasteiger partial charge is 0.501 e. The van der Waals surface area contributed by atoms with Gasteiger partial charge in [-0.05, 0) is 73.6 Å². The first-order valence-corrected chi connectivity index (χ1v) is 14.2. The Hall–Kier alpha value is -4.18. The molecule has 1 saturated carbocycles. The lowest BCUT2D eigenvalue weighted by Gasteiger charge is -2.21. The molecular weight excluding hydrogens is 544 g/mol. The molecule has 214 valence electrons. The van der Waals surface area contributed by atoms with Crippen molar-refractivity contribution in [2.24, 2.45) is 0 Å². The molecule has 10 heteroatoms. The third-order valence-electron chi connectivity index (χ3n) is 7.49. The van der Waals surface area contributed by atoms with E-state index in [0.29, 0.717) is 57.8 Å². The molecule has 2 aromatic carbocycles. The molecular formula is C31H32N2O7S. The Morgan fingerprint density at radius 1 is 0.927 bits per heavy atom. The van der Waals surface area contributed by atoms with Crippen LogP contribution < -0.4 is 14.2 Å². The molecule has 2 aliphatic rings. The lowest BCUT2D eigenvalue weighted by atomic mass is 9.86. The second-order valence-electron chi connectivity index (χ2n) is 10.0. The smallest absolute Gasteiger partial charge is 0.336 e. The van der Waals surface area contributed by atoms with Crippen molar-refractivity contribution < 1.29 is 33.6 Å². The Morgan fingerprint density at radius 2 is 1.63 bits per heavy atom. The summed E-state index contributed by atoms with van der Waals surface area (Å²) in [6.45, 7) is 0. The summed E-state index contributed by atoms with van der Waals surface area (Å²) in [4.78, 5) is 26.9. The molecule has 9 nitrogen and oxygen atoms in total. The predicted molar refractivity (Wildman–Crippen MR) is 156 cm³/mol. The van der Waals surface area contributed by atoms with Crippen molar-refractivity contribution in [1.82, 2.24) is 8.75 Å². The number of fused-ring (bicyclic) bond motifs is 1. The predicted octanol–water partition coefficient (Wildman–Crippen LogP) is 5.93. The third-order valence-corrected chi connectivity index (χ3v) is 8.04. The summed E-state index contributed by atoms with van der Waals surface area (Å²) in [5.74, 6) is 0.660. The number of nitrogens with zero attached hydrogens (tertiary/aromatic N) is 2. The quantitative estimate of drug-likeness (QED) is 0.277. The molecule has 0 atom stereocenters. The first-order valence-electron chi connectivity index (χ1n) is 13.5. The van der Waals surface area contributed by atoms with Gasteiger partial charge in [0.05, 0.1) is 50.5 Å². The van der Waals surface area contributed by atoms with Gasteiger partial charge in [0, 0.05) is 24.0 Å². The van der Waals surface area contributed by atoms with Crippen LogP contribution in [0.1, 0.15) is 49.7 Å². The first-order chi connectivity index (χ1) is 19.9. The van der Waals surface area contributed by atoms with E-state index >= 15 is 0 Å². The monoisotopic (exact) mass is 576 g/mol. The minimum Gasteiger partial charge on any atom is -0.501 e. The molecule has 5 rings (SSSR count). The average molecular weight is 577 g/mol. The van der Waals surface area contributed by atoms with Crippen molar-refractivity contribution in [2.75, 3.05) is 21.3 Å². The first kappa shape index (κ1) is 28.4. The van der Waals surface area contributed by atoms with Crippen LogP contribution in [0.5, 0.6) is 17.2 Å². The molecule has 0 amide bonds. The van der Waals surface area contributed by atoms with Gasteiger partial charge in [0.2, 0.25) is 5.75 Å². The van der Waals surface area contributed by atoms with Gasteiger partial charge in [-0.1, -0.05) is 12.1 Å². The number of allylic oxidation sites excluding steroid dienone is 5. The van der Waals surface area contributed by atoms with Gasteiger partial charge in [-0.3, -0.25) is 4.79 Å². The van der Waals surface area contributed by atoms with Crippen LogP contribution in [0, 0.1) is 0 Å². The van der Waals surface area contributed by atoms with Gasteiger partial charge >= 0.3 is 5.97 Å². The van der Waals surface area contributed by atoms with Crippen LogP contribution in [0.2, 0.25) is 0 Å². The normalized spacial score (nSPS) is 16.1. The summed E-state index contributed by atoms with van der Waals surface area (Å²) < 4.78 is 31.4. The van der Waals surface area contributed by atoms with Crippen molar-refractivity contribution in [3.63, 3.8) is 0 Å². The highest BCUT2D eigenvalue weighted by Crippen LogP contribution is 2.42. The van der Waals surface area contributed by atoms with Crippen LogP contribution in [-0.2, 0) is 20.7 Å². The highest BCUT2D eigenvalue weighted by atomic mass is 32.1. The second-order valence-corrected chi connectivity index (χ2v) is 10.5. The van der Waals surface area contributed by atoms with E-state index in [1.54, 1.807) is 63.8 Å². The van der Waals surface area contributed by atoms with E-state index in [4.69, 9.17) is 18.9 Å². The highest BCUT2D eigenvalue weighted by molar-refractivity contribution is 7.00. The number of carboxylic acids is 1. The number of aromatic nitrogens is 2. The lowest BCUT2D eigenvalue weighted by Crippen LogP contribution is -2.17. The molecule has 41 heavy (non-hydrogen) atoms. The molecule has 1 heterocycles. The minimum atomic E-state index is -1.21. The topological polar surface area (TPSA) is 117 Å². The number of carboxylic acid groups (broad SMARTS) is 1. The van der Waals surface area contributed by atoms with E-state index in [0.717, 1.165) is 43.2 Å². The van der Waals surface area contributed by atoms with E-state index in [-0.39, 0.29) is 29.5 Å². The number of Topliss-reactive ketones (excluding diaryl/α,β-unsaturated/α-hetero) is 1. The number of aliphatic carboxylic acids is 1. The molecule has 2 aliphatic carbocycles. The molecule has 0 aliphatic heterocycles. The lowest BCUT2D eigenvalue weighted by molar-refractivity contribution is -0.130. The number of ketones is 1. The molecule has 0 unspecified atom stereocenters. The van der Waals surface area contributed by atoms with Crippen molar-refractivity contribution in [3.8, 4) is 17.2 Å². The Kier molecular flexibility index (Phi) is 8.68. The van der Waals surface area contributed by atoms with Crippen molar-refractivity contribution in [3.05, 3.63) is 70.5 Å². The second kappa shape index (κ2) is 12.6. The third kappa shape index (κ3) is 6.12. The molecule has 1 fully saturated rings. The van der Waals surface area contributed by atoms with Gasteiger partial charge < -0.3 is 24.1 Å². The molecule has 0 saturated heterocycles. The van der Waals surface area contributed by atoms with Crippen LogP contribution >= 0.6 is 11.7 Å². The number of benzene rings is 2. The summed E-state index contributed by atoms with van der Waals surface area (Å²) >= 11 is 1.05. The SMILES string of the molecule is COC1=CC=C(C(=O)/C(Cc2cc(OC)c(OC3CCCC3)c(OC)c2)=C(\C(=O)O)c2ccc3nsnc3c2)CC1. The molecule has 1 N–H and O–H groups in total. The van der Waals surface area contributed by atoms with Gasteiger partial charge in [0.1, 0.15) is 11.0 Å². The molecule has 0 radical (unpaired) electrons. The van der Waals surface area contributed by atoms with Crippen molar-refractivity contribution in [2.45, 2.75) is 51.0 Å². The number of methoxy groups -OCH3 is 3. The van der Waals surface area contributed by atoms with Gasteiger partial charge in [-0.15, -0.1) is 0 Å². The zero-order chi connectivity index (χ0) is 28.9. The van der Waals surface area contributed by atoms with E-state index in [2.05, 4.69) is 8.75 Å². The van der Waals surface area contributed by atoms with E-state index in [1.165, 1.54) is 0 Å². The summed E-state index contributed by atoms with van der Waals surface area (Å²) in [5.41, 5.74) is 2.84. The van der Waals surface area contributed by atoms with E-state index < -0.39 is 5.97 Å². The van der Waals surface area contributed by atoms with E-state index in [1.807, 2.05) is 0 Å². The zero-order valence-corrected chi connectivity index (χ0v) is 24.1. The zero-order valence-electron chi connectivity index (χ0n) is 23.3. The summed E-state index contributed by atoms with van der Waals surface area (Å²) in [7, 11) is 4.69. The maximum absolute atomic E-state index is 14.1. The molecule has 3 aromatic rings. The van der Waals surface area contributed by atoms with Crippen LogP contribution in [0.3, 0.4) is 0 Å². The maximum Gasteiger partial charge on any atom is 0.336 e. The number of carbonyl (C=O) groups is 2. The summed E-state index contributed by atoms with van der Waals surface area (Å²) in [5, 5.41) is 10.5. The fourth-order valence-electron chi connectivity index (χ4n) is 5.35. The summed E-state index contributed by atoms with van der Waals surface area (Å²) in [6.07, 6.45) is 8.71. The fourth-order valence-corrected chi connectivity index (χ4v) is 5.86. The van der Waals surface area contributed by atoms with Gasteiger partial charge in [0.15, 0.2) is 17.3 Å². The number of hydrogen-bond acceptors (Lipinski definition) is 9. The Bertz CT molecular complexity index is 1540. The van der Waals surface area contributed by atoms with Gasteiger partial charge in [-0.2, -0.15) is 8.75 Å². The standard InChI is InChI=1S/C31H32N2O7S/c1-37-21-11-8-19(9-12-21)29(34)23(28(31(35)36)20-10-13-24-25(17-20)33-41-32-24)14-18-15-26(38-2)30(27(16-18)39-3)40-22-6-4-5-7-22/h8,10-11,13,15-17,22H,4-7,9,12,14H2,1-3H3,(H,35,36)/b28-23-. The summed E-state index contributed by atoms with van der Waals surface area (Å²) in [6, 6.07) is 8.61. The number of carbonyl (C=O) groups excluding carboxylic acids is 1. The average Bonchev–Trinajstić information content (AvgIpc) is 3.69. The number of rotatable bonds is 11. The molecule has 1 aromatic heterocycles. The van der Waals surface area contributed by atoms with Gasteiger partial charge in [-0.25, -0.2) is 4.79 Å². The van der Waals surface area contributed by atoms with Crippen LogP contribution in [0.15, 0.2) is 59.4 Å². The Labute approximate surface area is 242 Å². The van der Waals surface area contributed by atoms with Crippen LogP contribution in [0.25, 0.3) is 16.6 Å².